The molecule has 1 atom stereocenters. The molecule has 4 nitrogen and oxygen atoms in total. The second kappa shape index (κ2) is 5.24. The molecule has 7 heteroatoms. The van der Waals surface area contributed by atoms with E-state index in [0.29, 0.717) is 16.3 Å². The molecular formula is C11H11Cl2FN4. The van der Waals surface area contributed by atoms with Crippen LogP contribution in [-0.4, -0.2) is 9.78 Å². The Morgan fingerprint density at radius 2 is 2.17 bits per heavy atom. The van der Waals surface area contributed by atoms with Gasteiger partial charge >= 0.3 is 0 Å². The van der Waals surface area contributed by atoms with E-state index in [0.717, 1.165) is 0 Å². The largest absolute Gasteiger partial charge is 0.271 e. The van der Waals surface area contributed by atoms with Gasteiger partial charge in [-0.15, -0.1) is 0 Å². The summed E-state index contributed by atoms with van der Waals surface area (Å²) in [5.41, 5.74) is 3.70. The summed E-state index contributed by atoms with van der Waals surface area (Å²) >= 11 is 12.0. The minimum absolute atomic E-state index is 0.0118. The molecule has 2 rings (SSSR count). The maximum atomic E-state index is 13.5. The van der Waals surface area contributed by atoms with Gasteiger partial charge in [0.2, 0.25) is 0 Å². The third-order valence-corrected chi connectivity index (χ3v) is 3.36. The highest BCUT2D eigenvalue weighted by molar-refractivity contribution is 6.32. The zero-order valence-corrected chi connectivity index (χ0v) is 11.0. The fourth-order valence-corrected chi connectivity index (χ4v) is 2.31. The Hall–Kier alpha value is -1.14. The van der Waals surface area contributed by atoms with E-state index in [4.69, 9.17) is 29.0 Å². The van der Waals surface area contributed by atoms with Crippen LogP contribution < -0.4 is 11.3 Å². The van der Waals surface area contributed by atoms with E-state index in [-0.39, 0.29) is 5.02 Å². The number of aromatic nitrogens is 2. The van der Waals surface area contributed by atoms with Gasteiger partial charge in [-0.1, -0.05) is 35.3 Å². The van der Waals surface area contributed by atoms with Crippen molar-refractivity contribution >= 4 is 23.2 Å². The molecule has 1 aromatic carbocycles. The van der Waals surface area contributed by atoms with E-state index in [1.807, 2.05) is 0 Å². The highest BCUT2D eigenvalue weighted by Gasteiger charge is 2.23. The van der Waals surface area contributed by atoms with Crippen molar-refractivity contribution in [1.29, 1.82) is 0 Å². The molecule has 0 bridgehead atoms. The van der Waals surface area contributed by atoms with Crippen molar-refractivity contribution in [3.8, 4) is 0 Å². The number of benzene rings is 1. The molecule has 0 aliphatic heterocycles. The minimum Gasteiger partial charge on any atom is -0.271 e. The second-order valence-corrected chi connectivity index (χ2v) is 4.53. The Labute approximate surface area is 113 Å². The lowest BCUT2D eigenvalue weighted by molar-refractivity contribution is 0.567. The van der Waals surface area contributed by atoms with Gasteiger partial charge in [-0.2, -0.15) is 5.10 Å². The van der Waals surface area contributed by atoms with Crippen LogP contribution in [0.1, 0.15) is 17.3 Å². The average Bonchev–Trinajstić information content (AvgIpc) is 2.67. The molecule has 96 valence electrons. The molecule has 0 spiro atoms. The lowest BCUT2D eigenvalue weighted by Gasteiger charge is -2.18. The molecule has 1 unspecified atom stereocenters. The van der Waals surface area contributed by atoms with Gasteiger partial charge in [0.25, 0.3) is 0 Å². The molecule has 0 saturated carbocycles. The third kappa shape index (κ3) is 2.22. The molecule has 0 aliphatic rings. The molecule has 0 fully saturated rings. The average molecular weight is 289 g/mol. The SMILES string of the molecule is Cn1ncc(Cl)c1C(NN)c1cccc(F)c1Cl. The van der Waals surface area contributed by atoms with Crippen molar-refractivity contribution in [2.75, 3.05) is 0 Å². The van der Waals surface area contributed by atoms with E-state index < -0.39 is 11.9 Å². The van der Waals surface area contributed by atoms with Crippen LogP contribution in [-0.2, 0) is 7.05 Å². The Morgan fingerprint density at radius 3 is 2.72 bits per heavy atom. The number of aryl methyl sites for hydroxylation is 1. The normalized spacial score (nSPS) is 12.7. The summed E-state index contributed by atoms with van der Waals surface area (Å²) in [6.07, 6.45) is 1.49. The number of hydrazine groups is 1. The van der Waals surface area contributed by atoms with Crippen molar-refractivity contribution in [3.63, 3.8) is 0 Å². The number of rotatable bonds is 3. The number of nitrogens with zero attached hydrogens (tertiary/aromatic N) is 2. The summed E-state index contributed by atoms with van der Waals surface area (Å²) in [4.78, 5) is 0. The third-order valence-electron chi connectivity index (χ3n) is 2.67. The highest BCUT2D eigenvalue weighted by atomic mass is 35.5. The summed E-state index contributed by atoms with van der Waals surface area (Å²) in [5, 5.41) is 4.46. The van der Waals surface area contributed by atoms with Crippen LogP contribution in [0.2, 0.25) is 10.0 Å². The first-order chi connectivity index (χ1) is 8.56. The Balaban J connectivity index is 2.56. The van der Waals surface area contributed by atoms with Gasteiger partial charge in [0.15, 0.2) is 0 Å². The Morgan fingerprint density at radius 1 is 1.44 bits per heavy atom. The molecule has 0 radical (unpaired) electrons. The molecule has 0 aliphatic carbocycles. The summed E-state index contributed by atoms with van der Waals surface area (Å²) in [6, 6.07) is 3.99. The van der Waals surface area contributed by atoms with Crippen molar-refractivity contribution in [1.82, 2.24) is 15.2 Å². The van der Waals surface area contributed by atoms with Crippen LogP contribution >= 0.6 is 23.2 Å². The second-order valence-electron chi connectivity index (χ2n) is 3.74. The summed E-state index contributed by atoms with van der Waals surface area (Å²) in [6.45, 7) is 0. The van der Waals surface area contributed by atoms with Crippen molar-refractivity contribution in [2.45, 2.75) is 6.04 Å². The fourth-order valence-electron chi connectivity index (χ4n) is 1.80. The van der Waals surface area contributed by atoms with Gasteiger partial charge < -0.3 is 0 Å². The molecule has 1 heterocycles. The highest BCUT2D eigenvalue weighted by Crippen LogP contribution is 2.32. The van der Waals surface area contributed by atoms with E-state index in [2.05, 4.69) is 10.5 Å². The van der Waals surface area contributed by atoms with E-state index in [1.54, 1.807) is 23.9 Å². The van der Waals surface area contributed by atoms with Gasteiger partial charge in [0.1, 0.15) is 5.82 Å². The van der Waals surface area contributed by atoms with Gasteiger partial charge in [0, 0.05) is 7.05 Å². The first-order valence-corrected chi connectivity index (χ1v) is 5.89. The Bertz CT molecular complexity index is 551. The summed E-state index contributed by atoms with van der Waals surface area (Å²) < 4.78 is 15.0. The zero-order chi connectivity index (χ0) is 13.3. The molecule has 3 N–H and O–H groups in total. The van der Waals surface area contributed by atoms with E-state index in [1.165, 1.54) is 12.3 Å². The van der Waals surface area contributed by atoms with Crippen LogP contribution in [0, 0.1) is 5.82 Å². The van der Waals surface area contributed by atoms with Crippen molar-refractivity contribution < 1.29 is 4.39 Å². The first-order valence-electron chi connectivity index (χ1n) is 5.13. The van der Waals surface area contributed by atoms with E-state index in [9.17, 15) is 4.39 Å². The molecular weight excluding hydrogens is 278 g/mol. The van der Waals surface area contributed by atoms with Gasteiger partial charge in [0.05, 0.1) is 28.0 Å². The number of hydrogen-bond acceptors (Lipinski definition) is 3. The van der Waals surface area contributed by atoms with Crippen molar-refractivity contribution in [3.05, 3.63) is 51.5 Å². The van der Waals surface area contributed by atoms with Gasteiger partial charge in [-0.3, -0.25) is 10.5 Å². The zero-order valence-electron chi connectivity index (χ0n) is 9.49. The van der Waals surface area contributed by atoms with E-state index >= 15 is 0 Å². The predicted molar refractivity (Wildman–Crippen MR) is 68.8 cm³/mol. The quantitative estimate of drug-likeness (QED) is 0.674. The van der Waals surface area contributed by atoms with Crippen LogP contribution in [0.15, 0.2) is 24.4 Å². The lowest BCUT2D eigenvalue weighted by atomic mass is 10.0. The maximum Gasteiger partial charge on any atom is 0.142 e. The number of nitrogens with one attached hydrogen (secondary N) is 1. The maximum absolute atomic E-state index is 13.5. The lowest BCUT2D eigenvalue weighted by Crippen LogP contribution is -2.31. The van der Waals surface area contributed by atoms with Crippen LogP contribution in [0.25, 0.3) is 0 Å². The first kappa shape index (κ1) is 13.3. The smallest absolute Gasteiger partial charge is 0.142 e. The van der Waals surface area contributed by atoms with Gasteiger partial charge in [-0.25, -0.2) is 9.82 Å². The predicted octanol–water partition coefficient (Wildman–Crippen LogP) is 2.42. The fraction of sp³-hybridized carbons (Fsp3) is 0.182. The standard InChI is InChI=1S/C11H11Cl2FN4/c1-18-11(7(12)5-16-18)10(17-15)6-3-2-4-8(14)9(6)13/h2-5,10,17H,15H2,1H3. The summed E-state index contributed by atoms with van der Waals surface area (Å²) in [7, 11) is 1.72. The molecule has 18 heavy (non-hydrogen) atoms. The van der Waals surface area contributed by atoms with Crippen LogP contribution in [0.3, 0.4) is 0 Å². The molecule has 0 amide bonds. The Kier molecular flexibility index (Phi) is 3.87. The number of nitrogens with two attached hydrogens (primary N) is 1. The topological polar surface area (TPSA) is 55.9 Å². The van der Waals surface area contributed by atoms with Crippen LogP contribution in [0.5, 0.6) is 0 Å². The molecule has 2 aromatic rings. The van der Waals surface area contributed by atoms with Gasteiger partial charge in [-0.05, 0) is 11.6 Å². The monoisotopic (exact) mass is 288 g/mol. The van der Waals surface area contributed by atoms with Crippen LogP contribution in [0.4, 0.5) is 4.39 Å². The molecule has 0 saturated heterocycles. The van der Waals surface area contributed by atoms with Crippen molar-refractivity contribution in [2.24, 2.45) is 12.9 Å². The minimum atomic E-state index is -0.534. The number of halogens is 3. The molecule has 1 aromatic heterocycles. The number of hydrogen-bond donors (Lipinski definition) is 2. The summed E-state index contributed by atoms with van der Waals surface area (Å²) in [5.74, 6) is 5.02.